The molecule has 1 amide bonds. The van der Waals surface area contributed by atoms with E-state index < -0.39 is 0 Å². The Bertz CT molecular complexity index is 1670. The zero-order valence-corrected chi connectivity index (χ0v) is 24.3. The van der Waals surface area contributed by atoms with Gasteiger partial charge in [-0.2, -0.15) is 5.10 Å². The van der Waals surface area contributed by atoms with Crippen LogP contribution in [0.1, 0.15) is 30.9 Å². The van der Waals surface area contributed by atoms with Crippen LogP contribution >= 0.6 is 0 Å². The Kier molecular flexibility index (Phi) is 7.88. The molecule has 5 aromatic rings. The van der Waals surface area contributed by atoms with Gasteiger partial charge in [0, 0.05) is 62.7 Å². The number of hydrogen-bond donors (Lipinski definition) is 0. The minimum atomic E-state index is 0.110. The van der Waals surface area contributed by atoms with Crippen molar-refractivity contribution < 1.29 is 4.79 Å². The molecular formula is C34H35N7O. The Morgan fingerprint density at radius 2 is 1.55 bits per heavy atom. The van der Waals surface area contributed by atoms with E-state index in [1.807, 2.05) is 60.5 Å². The van der Waals surface area contributed by atoms with Crippen LogP contribution < -0.4 is 4.90 Å². The lowest BCUT2D eigenvalue weighted by molar-refractivity contribution is -0.117. The normalized spacial score (nSPS) is 14.2. The van der Waals surface area contributed by atoms with Gasteiger partial charge in [0.1, 0.15) is 17.1 Å². The van der Waals surface area contributed by atoms with Crippen LogP contribution in [-0.4, -0.2) is 54.9 Å². The van der Waals surface area contributed by atoms with Crippen LogP contribution in [0, 0.1) is 6.92 Å². The number of rotatable bonds is 7. The minimum Gasteiger partial charge on any atom is -0.309 e. The van der Waals surface area contributed by atoms with E-state index in [4.69, 9.17) is 4.98 Å². The van der Waals surface area contributed by atoms with E-state index in [9.17, 15) is 4.79 Å². The minimum absolute atomic E-state index is 0.110. The largest absolute Gasteiger partial charge is 0.309 e. The van der Waals surface area contributed by atoms with Gasteiger partial charge in [-0.3, -0.25) is 14.4 Å². The Morgan fingerprint density at radius 3 is 2.21 bits per heavy atom. The third kappa shape index (κ3) is 5.71. The van der Waals surface area contributed by atoms with Gasteiger partial charge in [0.15, 0.2) is 0 Å². The first-order valence-electron chi connectivity index (χ1n) is 14.4. The molecule has 0 spiro atoms. The van der Waals surface area contributed by atoms with Crippen LogP contribution in [0.5, 0.6) is 0 Å². The summed E-state index contributed by atoms with van der Waals surface area (Å²) in [4.78, 5) is 22.1. The highest BCUT2D eigenvalue weighted by Crippen LogP contribution is 2.31. The molecule has 2 aromatic heterocycles. The number of hydrogen-bond acceptors (Lipinski definition) is 6. The maximum absolute atomic E-state index is 12.6. The van der Waals surface area contributed by atoms with Gasteiger partial charge < -0.3 is 4.90 Å². The summed E-state index contributed by atoms with van der Waals surface area (Å²) in [5.74, 6) is 0.654. The predicted molar refractivity (Wildman–Crippen MR) is 166 cm³/mol. The summed E-state index contributed by atoms with van der Waals surface area (Å²) in [5.41, 5.74) is 7.73. The number of carbonyl (C=O) groups is 1. The molecule has 0 radical (unpaired) electrons. The highest BCUT2D eigenvalue weighted by atomic mass is 16.2. The highest BCUT2D eigenvalue weighted by Gasteiger charge is 2.28. The SMILES string of the molecule is CC(=O)N(c1ccccc1C)C1CCN(Cc2ccc(-c3nc(-c4ccnn4C)nnc3-c3ccccc3)cc2)CC1. The summed E-state index contributed by atoms with van der Waals surface area (Å²) >= 11 is 0. The molecule has 42 heavy (non-hydrogen) atoms. The maximum Gasteiger partial charge on any atom is 0.224 e. The van der Waals surface area contributed by atoms with E-state index >= 15 is 0 Å². The fourth-order valence-electron chi connectivity index (χ4n) is 5.84. The summed E-state index contributed by atoms with van der Waals surface area (Å²) in [7, 11) is 1.88. The number of aryl methyl sites for hydroxylation is 2. The lowest BCUT2D eigenvalue weighted by Crippen LogP contribution is -2.47. The first-order chi connectivity index (χ1) is 20.5. The fourth-order valence-corrected chi connectivity index (χ4v) is 5.84. The Labute approximate surface area is 246 Å². The lowest BCUT2D eigenvalue weighted by Gasteiger charge is -2.38. The van der Waals surface area contributed by atoms with Gasteiger partial charge in [0.05, 0.1) is 0 Å². The van der Waals surface area contributed by atoms with Crippen molar-refractivity contribution in [3.63, 3.8) is 0 Å². The molecule has 0 bridgehead atoms. The number of nitrogens with zero attached hydrogens (tertiary/aromatic N) is 7. The van der Waals surface area contributed by atoms with Crippen molar-refractivity contribution in [3.05, 3.63) is 102 Å². The molecule has 212 valence electrons. The lowest BCUT2D eigenvalue weighted by atomic mass is 9.99. The van der Waals surface area contributed by atoms with Crippen LogP contribution in [0.15, 0.2) is 91.1 Å². The maximum atomic E-state index is 12.6. The number of carbonyl (C=O) groups excluding carboxylic acids is 1. The van der Waals surface area contributed by atoms with Crippen molar-refractivity contribution in [2.75, 3.05) is 18.0 Å². The second-order valence-corrected chi connectivity index (χ2v) is 10.9. The third-order valence-electron chi connectivity index (χ3n) is 8.05. The Morgan fingerprint density at radius 1 is 0.857 bits per heavy atom. The van der Waals surface area contributed by atoms with E-state index in [2.05, 4.69) is 63.5 Å². The molecule has 8 nitrogen and oxygen atoms in total. The molecule has 1 saturated heterocycles. The van der Waals surface area contributed by atoms with E-state index in [0.717, 1.165) is 71.9 Å². The number of anilines is 1. The van der Waals surface area contributed by atoms with Crippen molar-refractivity contribution in [2.24, 2.45) is 7.05 Å². The monoisotopic (exact) mass is 557 g/mol. The van der Waals surface area contributed by atoms with Gasteiger partial charge in [-0.15, -0.1) is 10.2 Å². The second kappa shape index (κ2) is 12.0. The van der Waals surface area contributed by atoms with Crippen LogP contribution in [0.3, 0.4) is 0 Å². The Balaban J connectivity index is 1.19. The average Bonchev–Trinajstić information content (AvgIpc) is 3.45. The van der Waals surface area contributed by atoms with Gasteiger partial charge in [-0.1, -0.05) is 72.8 Å². The molecule has 3 heterocycles. The molecule has 1 aliphatic heterocycles. The molecule has 6 rings (SSSR count). The molecule has 3 aromatic carbocycles. The molecule has 1 fully saturated rings. The topological polar surface area (TPSA) is 80.0 Å². The van der Waals surface area contributed by atoms with Gasteiger partial charge in [-0.05, 0) is 43.0 Å². The summed E-state index contributed by atoms with van der Waals surface area (Å²) in [6, 6.07) is 28.9. The standard InChI is InChI=1S/C34H35N7O/c1-24-9-7-8-12-30(24)41(25(2)42)29-18-21-40(22-19-29)23-26-13-15-28(16-14-26)32-33(27-10-5-4-6-11-27)37-38-34(36-32)31-17-20-35-39(31)3/h4-17,20,29H,18-19,21-23H2,1-3H3. The predicted octanol–water partition coefficient (Wildman–Crippen LogP) is 5.93. The summed E-state index contributed by atoms with van der Waals surface area (Å²) < 4.78 is 1.76. The third-order valence-corrected chi connectivity index (χ3v) is 8.05. The van der Waals surface area contributed by atoms with Crippen LogP contribution in [-0.2, 0) is 18.4 Å². The van der Waals surface area contributed by atoms with Crippen molar-refractivity contribution in [2.45, 2.75) is 39.3 Å². The number of piperidine rings is 1. The van der Waals surface area contributed by atoms with E-state index in [0.29, 0.717) is 5.82 Å². The van der Waals surface area contributed by atoms with E-state index in [1.165, 1.54) is 5.56 Å². The zero-order chi connectivity index (χ0) is 29.1. The van der Waals surface area contributed by atoms with Gasteiger partial charge in [0.25, 0.3) is 0 Å². The molecule has 0 N–H and O–H groups in total. The fraction of sp³-hybridized carbons (Fsp3) is 0.265. The van der Waals surface area contributed by atoms with Crippen LogP contribution in [0.4, 0.5) is 5.69 Å². The molecule has 0 aliphatic carbocycles. The average molecular weight is 558 g/mol. The van der Waals surface area contributed by atoms with Gasteiger partial charge in [0.2, 0.25) is 11.7 Å². The van der Waals surface area contributed by atoms with Crippen molar-refractivity contribution in [1.29, 1.82) is 0 Å². The molecule has 0 unspecified atom stereocenters. The quantitative estimate of drug-likeness (QED) is 0.247. The Hall–Kier alpha value is -4.69. The van der Waals surface area contributed by atoms with Crippen molar-refractivity contribution in [3.8, 4) is 34.0 Å². The zero-order valence-electron chi connectivity index (χ0n) is 24.3. The molecule has 1 aliphatic rings. The van der Waals surface area contributed by atoms with Crippen molar-refractivity contribution >= 4 is 11.6 Å². The smallest absolute Gasteiger partial charge is 0.224 e. The van der Waals surface area contributed by atoms with E-state index in [1.54, 1.807) is 17.8 Å². The van der Waals surface area contributed by atoms with Gasteiger partial charge >= 0.3 is 0 Å². The first kappa shape index (κ1) is 27.5. The molecule has 8 heteroatoms. The summed E-state index contributed by atoms with van der Waals surface area (Å²) in [5, 5.41) is 13.3. The second-order valence-electron chi connectivity index (χ2n) is 10.9. The molecule has 0 saturated carbocycles. The summed E-state index contributed by atoms with van der Waals surface area (Å²) in [6.45, 7) is 6.51. The number of benzene rings is 3. The summed E-state index contributed by atoms with van der Waals surface area (Å²) in [6.07, 6.45) is 3.65. The van der Waals surface area contributed by atoms with Crippen LogP contribution in [0.2, 0.25) is 0 Å². The molecular weight excluding hydrogens is 522 g/mol. The van der Waals surface area contributed by atoms with E-state index in [-0.39, 0.29) is 11.9 Å². The van der Waals surface area contributed by atoms with Crippen LogP contribution in [0.25, 0.3) is 34.0 Å². The molecule has 0 atom stereocenters. The highest BCUT2D eigenvalue weighted by molar-refractivity contribution is 5.93. The first-order valence-corrected chi connectivity index (χ1v) is 14.4. The number of amides is 1. The van der Waals surface area contributed by atoms with Crippen molar-refractivity contribution in [1.82, 2.24) is 29.9 Å². The van der Waals surface area contributed by atoms with Gasteiger partial charge in [-0.25, -0.2) is 4.98 Å². The number of likely N-dealkylation sites (tertiary alicyclic amines) is 1. The number of aromatic nitrogens is 5. The number of para-hydroxylation sites is 1.